The van der Waals surface area contributed by atoms with Crippen LogP contribution in [0, 0.1) is 18.8 Å². The van der Waals surface area contributed by atoms with Crippen LogP contribution in [0.4, 0.5) is 0 Å². The summed E-state index contributed by atoms with van der Waals surface area (Å²) in [4.78, 5) is 19.2. The largest absolute Gasteiger partial charge is 0.337 e. The predicted molar refractivity (Wildman–Crippen MR) is 85.0 cm³/mol. The van der Waals surface area contributed by atoms with Crippen molar-refractivity contribution in [1.82, 2.24) is 9.88 Å². The lowest BCUT2D eigenvalue weighted by molar-refractivity contribution is 0.0784. The van der Waals surface area contributed by atoms with Crippen LogP contribution in [-0.4, -0.2) is 29.4 Å². The summed E-state index contributed by atoms with van der Waals surface area (Å²) < 4.78 is 0. The molecule has 0 spiro atoms. The minimum absolute atomic E-state index is 0.0265. The van der Waals surface area contributed by atoms with Crippen molar-refractivity contribution in [2.45, 2.75) is 13.5 Å². The zero-order chi connectivity index (χ0) is 15.2. The van der Waals surface area contributed by atoms with Crippen LogP contribution in [0.2, 0.25) is 0 Å². The van der Waals surface area contributed by atoms with Crippen molar-refractivity contribution < 1.29 is 4.79 Å². The number of aromatic nitrogens is 1. The van der Waals surface area contributed by atoms with Gasteiger partial charge in [0.2, 0.25) is 0 Å². The third kappa shape index (κ3) is 3.91. The van der Waals surface area contributed by atoms with Crippen LogP contribution in [0.3, 0.4) is 0 Å². The molecule has 4 nitrogen and oxygen atoms in total. The molecule has 2 heterocycles. The number of carbonyl (C=O) groups excluding carboxylic acids is 1. The van der Waals surface area contributed by atoms with Gasteiger partial charge in [-0.3, -0.25) is 9.78 Å². The number of nitrogens with two attached hydrogens (primary N) is 1. The van der Waals surface area contributed by atoms with E-state index in [1.54, 1.807) is 41.6 Å². The first-order valence-electron chi connectivity index (χ1n) is 6.55. The lowest BCUT2D eigenvalue weighted by atomic mass is 10.1. The van der Waals surface area contributed by atoms with Gasteiger partial charge in [-0.2, -0.15) is 0 Å². The predicted octanol–water partition coefficient (Wildman–Crippen LogP) is 2.03. The van der Waals surface area contributed by atoms with E-state index in [2.05, 4.69) is 16.8 Å². The minimum atomic E-state index is -0.0265. The highest BCUT2D eigenvalue weighted by Crippen LogP contribution is 2.16. The zero-order valence-electron chi connectivity index (χ0n) is 12.1. The lowest BCUT2D eigenvalue weighted by Crippen LogP contribution is -2.26. The van der Waals surface area contributed by atoms with Gasteiger partial charge >= 0.3 is 0 Å². The SMILES string of the molecule is Cc1ncccc1C(=O)N(C)Cc1csc(C#CCN)c1. The average molecular weight is 299 g/mol. The van der Waals surface area contributed by atoms with Crippen LogP contribution >= 0.6 is 11.3 Å². The van der Waals surface area contributed by atoms with Gasteiger partial charge in [0, 0.05) is 25.5 Å². The van der Waals surface area contributed by atoms with Gasteiger partial charge in [0.05, 0.1) is 17.0 Å². The Kier molecular flexibility index (Phi) is 5.09. The summed E-state index contributed by atoms with van der Waals surface area (Å²) in [5, 5.41) is 2.01. The fourth-order valence-corrected chi connectivity index (χ4v) is 2.70. The summed E-state index contributed by atoms with van der Waals surface area (Å²) >= 11 is 1.56. The van der Waals surface area contributed by atoms with Crippen molar-refractivity contribution in [2.24, 2.45) is 5.73 Å². The van der Waals surface area contributed by atoms with Gasteiger partial charge in [0.15, 0.2) is 0 Å². The Morgan fingerprint density at radius 2 is 2.33 bits per heavy atom. The van der Waals surface area contributed by atoms with Crippen LogP contribution in [0.25, 0.3) is 0 Å². The van der Waals surface area contributed by atoms with Gasteiger partial charge in [0.1, 0.15) is 0 Å². The summed E-state index contributed by atoms with van der Waals surface area (Å²) in [5.74, 6) is 5.80. The molecule has 2 rings (SSSR count). The van der Waals surface area contributed by atoms with E-state index in [0.29, 0.717) is 18.7 Å². The molecule has 0 aliphatic heterocycles. The van der Waals surface area contributed by atoms with Crippen LogP contribution in [-0.2, 0) is 6.54 Å². The highest BCUT2D eigenvalue weighted by atomic mass is 32.1. The first kappa shape index (κ1) is 15.2. The number of carbonyl (C=O) groups is 1. The first-order chi connectivity index (χ1) is 10.1. The molecule has 1 amide bonds. The van der Waals surface area contributed by atoms with Crippen LogP contribution in [0.15, 0.2) is 29.8 Å². The molecule has 0 aromatic carbocycles. The summed E-state index contributed by atoms with van der Waals surface area (Å²) in [5.41, 5.74) is 7.80. The molecule has 2 N–H and O–H groups in total. The van der Waals surface area contributed by atoms with E-state index >= 15 is 0 Å². The second kappa shape index (κ2) is 7.02. The molecule has 21 heavy (non-hydrogen) atoms. The van der Waals surface area contributed by atoms with Crippen LogP contribution in [0.1, 0.15) is 26.5 Å². The highest BCUT2D eigenvalue weighted by molar-refractivity contribution is 7.10. The van der Waals surface area contributed by atoms with Gasteiger partial charge in [-0.15, -0.1) is 11.3 Å². The summed E-state index contributed by atoms with van der Waals surface area (Å²) in [6, 6.07) is 5.57. The van der Waals surface area contributed by atoms with Gasteiger partial charge in [0.25, 0.3) is 5.91 Å². The van der Waals surface area contributed by atoms with E-state index in [1.807, 2.05) is 18.4 Å². The molecule has 0 saturated carbocycles. The number of hydrogen-bond donors (Lipinski definition) is 1. The lowest BCUT2D eigenvalue weighted by Gasteiger charge is -2.17. The molecule has 0 aliphatic carbocycles. The number of rotatable bonds is 3. The normalized spacial score (nSPS) is 9.86. The van der Waals surface area contributed by atoms with Crippen molar-refractivity contribution in [3.05, 3.63) is 51.5 Å². The van der Waals surface area contributed by atoms with E-state index < -0.39 is 0 Å². The van der Waals surface area contributed by atoms with E-state index in [1.165, 1.54) is 0 Å². The Morgan fingerprint density at radius 1 is 1.52 bits per heavy atom. The Hall–Kier alpha value is -2.16. The van der Waals surface area contributed by atoms with E-state index in [0.717, 1.165) is 16.1 Å². The van der Waals surface area contributed by atoms with Gasteiger partial charge < -0.3 is 10.6 Å². The monoisotopic (exact) mass is 299 g/mol. The second-order valence-electron chi connectivity index (χ2n) is 4.62. The maximum absolute atomic E-state index is 12.4. The first-order valence-corrected chi connectivity index (χ1v) is 7.43. The molecule has 0 aliphatic rings. The quantitative estimate of drug-likeness (QED) is 0.882. The molecule has 0 unspecified atom stereocenters. The molecule has 0 saturated heterocycles. The summed E-state index contributed by atoms with van der Waals surface area (Å²) in [6.07, 6.45) is 1.69. The molecule has 5 heteroatoms. The third-order valence-electron chi connectivity index (χ3n) is 2.97. The molecule has 0 atom stereocenters. The maximum Gasteiger partial charge on any atom is 0.255 e. The van der Waals surface area contributed by atoms with Gasteiger partial charge in [-0.05, 0) is 36.1 Å². The summed E-state index contributed by atoms with van der Waals surface area (Å²) in [6.45, 7) is 2.74. The molecule has 108 valence electrons. The number of hydrogen-bond acceptors (Lipinski definition) is 4. The second-order valence-corrected chi connectivity index (χ2v) is 5.53. The Labute approximate surface area is 128 Å². The van der Waals surface area contributed by atoms with Crippen molar-refractivity contribution in [3.63, 3.8) is 0 Å². The smallest absolute Gasteiger partial charge is 0.255 e. The Morgan fingerprint density at radius 3 is 3.05 bits per heavy atom. The van der Waals surface area contributed by atoms with Crippen molar-refractivity contribution in [3.8, 4) is 11.8 Å². The standard InChI is InChI=1S/C16H17N3OS/c1-12-15(6-4-8-18-12)16(20)19(2)10-13-9-14(21-11-13)5-3-7-17/h4,6,8-9,11H,7,10,17H2,1-2H3. The number of nitrogens with zero attached hydrogens (tertiary/aromatic N) is 2. The van der Waals surface area contributed by atoms with Crippen molar-refractivity contribution in [2.75, 3.05) is 13.6 Å². The van der Waals surface area contributed by atoms with Crippen LogP contribution in [0.5, 0.6) is 0 Å². The van der Waals surface area contributed by atoms with E-state index in [-0.39, 0.29) is 5.91 Å². The zero-order valence-corrected chi connectivity index (χ0v) is 12.9. The maximum atomic E-state index is 12.4. The molecule has 2 aromatic rings. The molecule has 2 aromatic heterocycles. The Balaban J connectivity index is 2.07. The van der Waals surface area contributed by atoms with E-state index in [9.17, 15) is 4.79 Å². The molecule has 0 bridgehead atoms. The molecule has 0 radical (unpaired) electrons. The summed E-state index contributed by atoms with van der Waals surface area (Å²) in [7, 11) is 1.79. The highest BCUT2D eigenvalue weighted by Gasteiger charge is 2.15. The van der Waals surface area contributed by atoms with E-state index in [4.69, 9.17) is 5.73 Å². The molecular weight excluding hydrogens is 282 g/mol. The van der Waals surface area contributed by atoms with Gasteiger partial charge in [-0.25, -0.2) is 0 Å². The number of thiophene rings is 1. The minimum Gasteiger partial charge on any atom is -0.337 e. The Bertz CT molecular complexity index is 697. The average Bonchev–Trinajstić information content (AvgIpc) is 2.92. The van der Waals surface area contributed by atoms with Gasteiger partial charge in [-0.1, -0.05) is 11.8 Å². The number of amides is 1. The molecular formula is C16H17N3OS. The van der Waals surface area contributed by atoms with Crippen LogP contribution < -0.4 is 5.73 Å². The van der Waals surface area contributed by atoms with Crippen molar-refractivity contribution >= 4 is 17.2 Å². The molecule has 0 fully saturated rings. The fourth-order valence-electron chi connectivity index (χ4n) is 1.92. The number of aryl methyl sites for hydroxylation is 1. The fraction of sp³-hybridized carbons (Fsp3) is 0.250. The third-order valence-corrected chi connectivity index (χ3v) is 3.87. The topological polar surface area (TPSA) is 59.2 Å². The van der Waals surface area contributed by atoms with Crippen molar-refractivity contribution in [1.29, 1.82) is 0 Å². The number of pyridine rings is 1.